The Kier molecular flexibility index (Phi) is 5.76. The molecule has 0 spiro atoms. The van der Waals surface area contributed by atoms with Crippen molar-refractivity contribution in [3.8, 4) is 6.07 Å². The van der Waals surface area contributed by atoms with Gasteiger partial charge in [0.2, 0.25) is 0 Å². The number of carbonyl (C=O) groups excluding carboxylic acids is 1. The third-order valence-corrected chi connectivity index (χ3v) is 6.17. The predicted molar refractivity (Wildman–Crippen MR) is 125 cm³/mol. The molecule has 0 radical (unpaired) electrons. The average Bonchev–Trinajstić information content (AvgIpc) is 2.63. The first-order valence-electron chi connectivity index (χ1n) is 10.4. The number of anilines is 2. The number of amides is 1. The second-order valence-corrected chi connectivity index (χ2v) is 9.24. The molecule has 1 N–H and O–H groups in total. The Labute approximate surface area is 180 Å². The summed E-state index contributed by atoms with van der Waals surface area (Å²) in [5.74, 6) is 0.0273. The molecule has 1 heterocycles. The van der Waals surface area contributed by atoms with E-state index >= 15 is 0 Å². The normalized spacial score (nSPS) is 17.9. The summed E-state index contributed by atoms with van der Waals surface area (Å²) in [4.78, 5) is 15.1. The van der Waals surface area contributed by atoms with Crippen LogP contribution in [0.5, 0.6) is 0 Å². The maximum absolute atomic E-state index is 12.8. The van der Waals surface area contributed by atoms with Gasteiger partial charge in [-0.3, -0.25) is 4.79 Å². The molecule has 4 nitrogen and oxygen atoms in total. The molecule has 0 bridgehead atoms. The standard InChI is InChI=1S/C26H31N3O/c1-16-8-17(2)10-22(9-16)28-25(30)21(15-27)12-20-13-23-19(4)14-26(5,6)29(7)24(23)11-18(20)3/h8-13,19H,14H2,1-7H3,(H,28,30)/b21-12-. The minimum Gasteiger partial charge on any atom is -0.369 e. The summed E-state index contributed by atoms with van der Waals surface area (Å²) in [7, 11) is 2.14. The number of rotatable bonds is 3. The monoisotopic (exact) mass is 401 g/mol. The van der Waals surface area contributed by atoms with Crippen molar-refractivity contribution in [2.24, 2.45) is 0 Å². The van der Waals surface area contributed by atoms with Crippen molar-refractivity contribution in [2.45, 2.75) is 59.4 Å². The Morgan fingerprint density at radius 3 is 2.40 bits per heavy atom. The van der Waals surface area contributed by atoms with Crippen molar-refractivity contribution < 1.29 is 4.79 Å². The second kappa shape index (κ2) is 7.99. The van der Waals surface area contributed by atoms with Crippen molar-refractivity contribution in [3.05, 3.63) is 63.7 Å². The first kappa shape index (κ1) is 21.6. The van der Waals surface area contributed by atoms with Crippen LogP contribution in [-0.4, -0.2) is 18.5 Å². The Morgan fingerprint density at radius 2 is 1.80 bits per heavy atom. The Hall–Kier alpha value is -3.06. The molecule has 2 aromatic rings. The van der Waals surface area contributed by atoms with Crippen LogP contribution in [0, 0.1) is 32.1 Å². The quantitative estimate of drug-likeness (QED) is 0.516. The molecule has 1 atom stereocenters. The zero-order valence-electron chi connectivity index (χ0n) is 19.1. The van der Waals surface area contributed by atoms with E-state index in [0.29, 0.717) is 11.6 Å². The molecule has 1 aliphatic rings. The van der Waals surface area contributed by atoms with E-state index in [1.54, 1.807) is 6.08 Å². The smallest absolute Gasteiger partial charge is 0.266 e. The van der Waals surface area contributed by atoms with Crippen LogP contribution in [0.2, 0.25) is 0 Å². The summed E-state index contributed by atoms with van der Waals surface area (Å²) in [6, 6.07) is 12.3. The van der Waals surface area contributed by atoms with Gasteiger partial charge in [-0.15, -0.1) is 0 Å². The fourth-order valence-electron chi connectivity index (χ4n) is 4.44. The topological polar surface area (TPSA) is 56.1 Å². The van der Waals surface area contributed by atoms with Gasteiger partial charge in [-0.05, 0) is 105 Å². The maximum atomic E-state index is 12.8. The molecule has 30 heavy (non-hydrogen) atoms. The molecule has 0 saturated heterocycles. The van der Waals surface area contributed by atoms with Crippen molar-refractivity contribution in [1.82, 2.24) is 0 Å². The van der Waals surface area contributed by atoms with E-state index in [0.717, 1.165) is 28.7 Å². The van der Waals surface area contributed by atoms with Crippen molar-refractivity contribution >= 4 is 23.4 Å². The average molecular weight is 402 g/mol. The maximum Gasteiger partial charge on any atom is 0.266 e. The number of hydrogen-bond acceptors (Lipinski definition) is 3. The molecular formula is C26H31N3O. The fourth-order valence-corrected chi connectivity index (χ4v) is 4.44. The van der Waals surface area contributed by atoms with Crippen molar-refractivity contribution in [3.63, 3.8) is 0 Å². The molecule has 1 amide bonds. The van der Waals surface area contributed by atoms with Gasteiger partial charge in [0, 0.05) is 24.0 Å². The molecule has 0 saturated carbocycles. The molecule has 156 valence electrons. The Bertz CT molecular complexity index is 1050. The molecule has 0 aliphatic carbocycles. The number of fused-ring (bicyclic) bond motifs is 1. The molecule has 2 aromatic carbocycles. The number of carbonyl (C=O) groups is 1. The van der Waals surface area contributed by atoms with Crippen molar-refractivity contribution in [2.75, 3.05) is 17.3 Å². The van der Waals surface area contributed by atoms with Gasteiger partial charge in [-0.1, -0.05) is 13.0 Å². The van der Waals surface area contributed by atoms with Gasteiger partial charge in [0.1, 0.15) is 11.6 Å². The lowest BCUT2D eigenvalue weighted by Crippen LogP contribution is -2.45. The SMILES string of the molecule is Cc1cc(C)cc(NC(=O)/C(C#N)=C\c2cc3c(cc2C)N(C)C(C)(C)CC3C)c1. The van der Waals surface area contributed by atoms with Crippen LogP contribution in [0.25, 0.3) is 6.08 Å². The van der Waals surface area contributed by atoms with Gasteiger partial charge >= 0.3 is 0 Å². The van der Waals surface area contributed by atoms with E-state index in [2.05, 4.69) is 56.2 Å². The third kappa shape index (κ3) is 4.26. The summed E-state index contributed by atoms with van der Waals surface area (Å²) in [5.41, 5.74) is 7.51. The molecule has 1 unspecified atom stereocenters. The summed E-state index contributed by atoms with van der Waals surface area (Å²) in [5, 5.41) is 12.5. The number of nitrogens with zero attached hydrogens (tertiary/aromatic N) is 2. The predicted octanol–water partition coefficient (Wildman–Crippen LogP) is 5.88. The molecule has 1 aliphatic heterocycles. The fraction of sp³-hybridized carbons (Fsp3) is 0.385. The van der Waals surface area contributed by atoms with E-state index < -0.39 is 0 Å². The summed E-state index contributed by atoms with van der Waals surface area (Å²) in [6.45, 7) is 12.8. The van der Waals surface area contributed by atoms with Crippen molar-refractivity contribution in [1.29, 1.82) is 5.26 Å². The lowest BCUT2D eigenvalue weighted by molar-refractivity contribution is -0.112. The van der Waals surface area contributed by atoms with Gasteiger partial charge in [-0.2, -0.15) is 5.26 Å². The highest BCUT2D eigenvalue weighted by atomic mass is 16.1. The van der Waals surface area contributed by atoms with Crippen LogP contribution >= 0.6 is 0 Å². The van der Waals surface area contributed by atoms with E-state index in [-0.39, 0.29) is 17.0 Å². The summed E-state index contributed by atoms with van der Waals surface area (Å²) < 4.78 is 0. The summed E-state index contributed by atoms with van der Waals surface area (Å²) >= 11 is 0. The van der Waals surface area contributed by atoms with Gasteiger partial charge in [0.15, 0.2) is 0 Å². The number of aryl methyl sites for hydroxylation is 3. The second-order valence-electron chi connectivity index (χ2n) is 9.24. The number of benzene rings is 2. The molecule has 3 rings (SSSR count). The Morgan fingerprint density at radius 1 is 1.17 bits per heavy atom. The lowest BCUT2D eigenvalue weighted by Gasteiger charge is -2.45. The van der Waals surface area contributed by atoms with Crippen LogP contribution in [-0.2, 0) is 4.79 Å². The first-order chi connectivity index (χ1) is 14.0. The highest BCUT2D eigenvalue weighted by Crippen LogP contribution is 2.43. The van der Waals surface area contributed by atoms with Crippen LogP contribution < -0.4 is 10.2 Å². The molecule has 0 fully saturated rings. The zero-order chi connectivity index (χ0) is 22.2. The van der Waals surface area contributed by atoms with Gasteiger partial charge in [0.05, 0.1) is 0 Å². The van der Waals surface area contributed by atoms with Gasteiger partial charge in [-0.25, -0.2) is 0 Å². The minimum atomic E-state index is -0.383. The van der Waals surface area contributed by atoms with E-state index in [9.17, 15) is 10.1 Å². The highest BCUT2D eigenvalue weighted by Gasteiger charge is 2.34. The number of nitriles is 1. The first-order valence-corrected chi connectivity index (χ1v) is 10.4. The number of nitrogens with one attached hydrogen (secondary N) is 1. The third-order valence-electron chi connectivity index (χ3n) is 6.17. The summed E-state index contributed by atoms with van der Waals surface area (Å²) in [6.07, 6.45) is 2.76. The number of hydrogen-bond donors (Lipinski definition) is 1. The molecular weight excluding hydrogens is 370 g/mol. The van der Waals surface area contributed by atoms with Crippen LogP contribution in [0.3, 0.4) is 0 Å². The minimum absolute atomic E-state index is 0.0971. The lowest BCUT2D eigenvalue weighted by atomic mass is 9.79. The van der Waals surface area contributed by atoms with E-state index in [4.69, 9.17) is 0 Å². The van der Waals surface area contributed by atoms with Gasteiger partial charge in [0.25, 0.3) is 5.91 Å². The van der Waals surface area contributed by atoms with E-state index in [1.807, 2.05) is 39.0 Å². The molecule has 0 aromatic heterocycles. The van der Waals surface area contributed by atoms with Crippen LogP contribution in [0.1, 0.15) is 60.9 Å². The highest BCUT2D eigenvalue weighted by molar-refractivity contribution is 6.09. The Balaban J connectivity index is 1.95. The van der Waals surface area contributed by atoms with Crippen LogP contribution in [0.4, 0.5) is 11.4 Å². The largest absolute Gasteiger partial charge is 0.369 e. The van der Waals surface area contributed by atoms with Gasteiger partial charge < -0.3 is 10.2 Å². The van der Waals surface area contributed by atoms with E-state index in [1.165, 1.54) is 11.3 Å². The zero-order valence-corrected chi connectivity index (χ0v) is 19.1. The van der Waals surface area contributed by atoms with Crippen LogP contribution in [0.15, 0.2) is 35.9 Å². The molecule has 4 heteroatoms.